The predicted molar refractivity (Wildman–Crippen MR) is 84.3 cm³/mol. The van der Waals surface area contributed by atoms with Crippen molar-refractivity contribution in [3.05, 3.63) is 17.7 Å². The zero-order valence-corrected chi connectivity index (χ0v) is 13.2. The van der Waals surface area contributed by atoms with Crippen molar-refractivity contribution >= 4 is 5.97 Å². The van der Waals surface area contributed by atoms with E-state index in [2.05, 4.69) is 6.92 Å². The normalized spacial score (nSPS) is 10.6. The van der Waals surface area contributed by atoms with Gasteiger partial charge in [-0.2, -0.15) is 0 Å². The Morgan fingerprint density at radius 2 is 1.41 bits per heavy atom. The van der Waals surface area contributed by atoms with Crippen LogP contribution in [0.15, 0.2) is 12.1 Å². The summed E-state index contributed by atoms with van der Waals surface area (Å²) in [4.78, 5) is 11.7. The zero-order chi connectivity index (χ0) is 16.4. The second-order valence-electron chi connectivity index (χ2n) is 5.47. The van der Waals surface area contributed by atoms with Gasteiger partial charge in [0.15, 0.2) is 17.2 Å². The predicted octanol–water partition coefficient (Wildman–Crippen LogP) is 4.10. The highest BCUT2D eigenvalue weighted by Crippen LogP contribution is 2.35. The maximum absolute atomic E-state index is 11.7. The van der Waals surface area contributed by atoms with Crippen molar-refractivity contribution in [3.63, 3.8) is 0 Å². The molecule has 0 saturated carbocycles. The fourth-order valence-corrected chi connectivity index (χ4v) is 2.21. The van der Waals surface area contributed by atoms with Crippen molar-refractivity contribution in [1.82, 2.24) is 0 Å². The molecule has 5 heteroatoms. The molecule has 0 aromatic heterocycles. The molecule has 0 aliphatic rings. The van der Waals surface area contributed by atoms with Crippen LogP contribution in [0.1, 0.15) is 68.6 Å². The van der Waals surface area contributed by atoms with Crippen molar-refractivity contribution < 1.29 is 24.9 Å². The van der Waals surface area contributed by atoms with E-state index in [1.54, 1.807) is 0 Å². The van der Waals surface area contributed by atoms with Crippen LogP contribution in [0.5, 0.6) is 17.2 Å². The van der Waals surface area contributed by atoms with E-state index in [1.807, 2.05) is 0 Å². The summed E-state index contributed by atoms with van der Waals surface area (Å²) in [5.74, 6) is -2.34. The Morgan fingerprint density at radius 1 is 0.909 bits per heavy atom. The van der Waals surface area contributed by atoms with Gasteiger partial charge in [0.1, 0.15) is 0 Å². The van der Waals surface area contributed by atoms with Crippen LogP contribution in [-0.2, 0) is 4.74 Å². The topological polar surface area (TPSA) is 87.0 Å². The maximum atomic E-state index is 11.7. The molecule has 0 atom stereocenters. The summed E-state index contributed by atoms with van der Waals surface area (Å²) in [5.41, 5.74) is 0.0207. The highest BCUT2D eigenvalue weighted by atomic mass is 16.5. The standard InChI is InChI=1S/C17H26O5/c1-2-3-4-5-6-7-8-9-10-22-17(21)13-11-14(18)16(20)15(19)12-13/h11-12,18-20H,2-10H2,1H3. The SMILES string of the molecule is CCCCCCCCCCOC(=O)c1cc(O)c(O)c(O)c1. The zero-order valence-electron chi connectivity index (χ0n) is 13.2. The Bertz CT molecular complexity index is 447. The number of phenols is 3. The van der Waals surface area contributed by atoms with E-state index in [4.69, 9.17) is 4.74 Å². The van der Waals surface area contributed by atoms with Gasteiger partial charge in [-0.15, -0.1) is 0 Å². The van der Waals surface area contributed by atoms with Crippen molar-refractivity contribution in [2.45, 2.75) is 58.3 Å². The number of carbonyl (C=O) groups excluding carboxylic acids is 1. The number of aromatic hydroxyl groups is 3. The molecule has 0 radical (unpaired) electrons. The molecule has 0 fully saturated rings. The van der Waals surface area contributed by atoms with E-state index in [0.29, 0.717) is 6.61 Å². The first-order chi connectivity index (χ1) is 10.6. The van der Waals surface area contributed by atoms with Crippen LogP contribution in [0, 0.1) is 0 Å². The van der Waals surface area contributed by atoms with Crippen LogP contribution < -0.4 is 0 Å². The first kappa shape index (κ1) is 18.1. The first-order valence-corrected chi connectivity index (χ1v) is 7.98. The van der Waals surface area contributed by atoms with Gasteiger partial charge in [0.25, 0.3) is 0 Å². The minimum atomic E-state index is -0.639. The third kappa shape index (κ3) is 6.24. The lowest BCUT2D eigenvalue weighted by atomic mass is 10.1. The van der Waals surface area contributed by atoms with Crippen molar-refractivity contribution in [2.24, 2.45) is 0 Å². The van der Waals surface area contributed by atoms with Gasteiger partial charge in [-0.1, -0.05) is 51.9 Å². The Labute approximate surface area is 131 Å². The molecule has 0 aliphatic carbocycles. The van der Waals surface area contributed by atoms with Gasteiger partial charge in [0.05, 0.1) is 12.2 Å². The third-order valence-corrected chi connectivity index (χ3v) is 3.54. The van der Waals surface area contributed by atoms with E-state index >= 15 is 0 Å². The summed E-state index contributed by atoms with van der Waals surface area (Å²) in [6, 6.07) is 2.15. The quantitative estimate of drug-likeness (QED) is 0.344. The number of phenolic OH excluding ortho intramolecular Hbond substituents is 3. The maximum Gasteiger partial charge on any atom is 0.338 e. The molecule has 0 heterocycles. The lowest BCUT2D eigenvalue weighted by molar-refractivity contribution is 0.0496. The molecule has 124 valence electrons. The Balaban J connectivity index is 2.19. The molecule has 22 heavy (non-hydrogen) atoms. The molecule has 0 bridgehead atoms. The number of hydrogen-bond acceptors (Lipinski definition) is 5. The summed E-state index contributed by atoms with van der Waals surface area (Å²) < 4.78 is 5.08. The molecule has 3 N–H and O–H groups in total. The summed E-state index contributed by atoms with van der Waals surface area (Å²) in [6.45, 7) is 2.51. The third-order valence-electron chi connectivity index (χ3n) is 3.54. The number of benzene rings is 1. The van der Waals surface area contributed by atoms with Gasteiger partial charge in [-0.25, -0.2) is 4.79 Å². The lowest BCUT2D eigenvalue weighted by Crippen LogP contribution is -2.06. The van der Waals surface area contributed by atoms with Crippen molar-refractivity contribution in [2.75, 3.05) is 6.61 Å². The Morgan fingerprint density at radius 3 is 1.95 bits per heavy atom. The molecular formula is C17H26O5. The number of esters is 1. The van der Waals surface area contributed by atoms with Gasteiger partial charge >= 0.3 is 5.97 Å². The van der Waals surface area contributed by atoms with Crippen molar-refractivity contribution in [3.8, 4) is 17.2 Å². The summed E-state index contributed by atoms with van der Waals surface area (Å²) >= 11 is 0. The van der Waals surface area contributed by atoms with Crippen LogP contribution in [0.4, 0.5) is 0 Å². The summed E-state index contributed by atoms with van der Waals surface area (Å²) in [7, 11) is 0. The Kier molecular flexibility index (Phi) is 8.18. The molecule has 1 aromatic carbocycles. The molecule has 1 rings (SSSR count). The molecule has 0 spiro atoms. The molecule has 0 amide bonds. The molecule has 1 aromatic rings. The average molecular weight is 310 g/mol. The van der Waals surface area contributed by atoms with Crippen LogP contribution in [0.3, 0.4) is 0 Å². The number of rotatable bonds is 10. The van der Waals surface area contributed by atoms with Crippen molar-refractivity contribution in [1.29, 1.82) is 0 Å². The fourth-order valence-electron chi connectivity index (χ4n) is 2.21. The van der Waals surface area contributed by atoms with Crippen LogP contribution in [0.25, 0.3) is 0 Å². The minimum absolute atomic E-state index is 0.0207. The molecular weight excluding hydrogens is 284 g/mol. The number of unbranched alkanes of at least 4 members (excludes halogenated alkanes) is 7. The molecule has 0 saturated heterocycles. The first-order valence-electron chi connectivity index (χ1n) is 7.98. The van der Waals surface area contributed by atoms with E-state index in [9.17, 15) is 20.1 Å². The number of hydrogen-bond donors (Lipinski definition) is 3. The largest absolute Gasteiger partial charge is 0.504 e. The number of carbonyl (C=O) groups is 1. The van der Waals surface area contributed by atoms with Gasteiger partial charge in [0, 0.05) is 0 Å². The Hall–Kier alpha value is -1.91. The van der Waals surface area contributed by atoms with E-state index in [0.717, 1.165) is 31.4 Å². The van der Waals surface area contributed by atoms with E-state index < -0.39 is 23.2 Å². The van der Waals surface area contributed by atoms with Gasteiger partial charge in [0.2, 0.25) is 0 Å². The molecule has 0 aliphatic heterocycles. The van der Waals surface area contributed by atoms with Gasteiger partial charge in [-0.3, -0.25) is 0 Å². The smallest absolute Gasteiger partial charge is 0.338 e. The van der Waals surface area contributed by atoms with E-state index in [-0.39, 0.29) is 5.56 Å². The molecule has 5 nitrogen and oxygen atoms in total. The molecule has 0 unspecified atom stereocenters. The summed E-state index contributed by atoms with van der Waals surface area (Å²) in [5, 5.41) is 27.9. The van der Waals surface area contributed by atoms with E-state index in [1.165, 1.54) is 32.1 Å². The van der Waals surface area contributed by atoms with Crippen LogP contribution in [-0.4, -0.2) is 27.9 Å². The highest BCUT2D eigenvalue weighted by molar-refractivity contribution is 5.91. The summed E-state index contributed by atoms with van der Waals surface area (Å²) in [6.07, 6.45) is 9.28. The monoisotopic (exact) mass is 310 g/mol. The average Bonchev–Trinajstić information content (AvgIpc) is 2.50. The number of ether oxygens (including phenoxy) is 1. The highest BCUT2D eigenvalue weighted by Gasteiger charge is 2.14. The minimum Gasteiger partial charge on any atom is -0.504 e. The van der Waals surface area contributed by atoms with Gasteiger partial charge < -0.3 is 20.1 Å². The fraction of sp³-hybridized carbons (Fsp3) is 0.588. The van der Waals surface area contributed by atoms with Crippen LogP contribution in [0.2, 0.25) is 0 Å². The second-order valence-corrected chi connectivity index (χ2v) is 5.47. The second kappa shape index (κ2) is 9.92. The van der Waals surface area contributed by atoms with Gasteiger partial charge in [-0.05, 0) is 18.6 Å². The van der Waals surface area contributed by atoms with Crippen LogP contribution >= 0.6 is 0 Å². The lowest BCUT2D eigenvalue weighted by Gasteiger charge is -2.07.